The Morgan fingerprint density at radius 3 is 2.71 bits per heavy atom. The van der Waals surface area contributed by atoms with E-state index in [2.05, 4.69) is 10.1 Å². The van der Waals surface area contributed by atoms with E-state index in [1.165, 1.54) is 17.1 Å². The highest BCUT2D eigenvalue weighted by Crippen LogP contribution is 2.09. The first-order chi connectivity index (χ1) is 8.06. The third-order valence-corrected chi connectivity index (χ3v) is 2.09. The minimum Gasteiger partial charge on any atom is -0.363 e. The SMILES string of the molecule is NC(=O)c1ncn(Cc2ccc(F)c(F)c2)n1. The van der Waals surface area contributed by atoms with Gasteiger partial charge in [-0.1, -0.05) is 6.07 Å². The number of carbonyl (C=O) groups is 1. The highest BCUT2D eigenvalue weighted by Gasteiger charge is 2.08. The Hall–Kier alpha value is -2.31. The molecule has 0 bridgehead atoms. The summed E-state index contributed by atoms with van der Waals surface area (Å²) in [5.41, 5.74) is 5.48. The van der Waals surface area contributed by atoms with E-state index < -0.39 is 17.5 Å². The Morgan fingerprint density at radius 2 is 2.12 bits per heavy atom. The van der Waals surface area contributed by atoms with Crippen LogP contribution in [0.2, 0.25) is 0 Å². The Morgan fingerprint density at radius 1 is 1.35 bits per heavy atom. The lowest BCUT2D eigenvalue weighted by molar-refractivity contribution is 0.0990. The van der Waals surface area contributed by atoms with Crippen LogP contribution in [0.25, 0.3) is 0 Å². The molecule has 0 saturated carbocycles. The number of hydrogen-bond donors (Lipinski definition) is 1. The Kier molecular flexibility index (Phi) is 2.82. The number of nitrogens with two attached hydrogens (primary N) is 1. The lowest BCUT2D eigenvalue weighted by atomic mass is 10.2. The molecule has 0 fully saturated rings. The lowest BCUT2D eigenvalue weighted by Crippen LogP contribution is -2.13. The van der Waals surface area contributed by atoms with Gasteiger partial charge in [-0.25, -0.2) is 18.4 Å². The van der Waals surface area contributed by atoms with Gasteiger partial charge in [0.2, 0.25) is 5.82 Å². The van der Waals surface area contributed by atoms with E-state index in [1.54, 1.807) is 0 Å². The Balaban J connectivity index is 2.19. The minimum absolute atomic E-state index is 0.118. The molecular weight excluding hydrogens is 230 g/mol. The molecule has 0 unspecified atom stereocenters. The van der Waals surface area contributed by atoms with E-state index in [4.69, 9.17) is 5.73 Å². The number of aromatic nitrogens is 3. The van der Waals surface area contributed by atoms with Crippen LogP contribution in [0.4, 0.5) is 8.78 Å². The van der Waals surface area contributed by atoms with Crippen LogP contribution in [0, 0.1) is 11.6 Å². The molecule has 0 aliphatic rings. The zero-order valence-corrected chi connectivity index (χ0v) is 8.60. The van der Waals surface area contributed by atoms with Crippen molar-refractivity contribution in [1.82, 2.24) is 14.8 Å². The first-order valence-electron chi connectivity index (χ1n) is 4.69. The van der Waals surface area contributed by atoms with Gasteiger partial charge in [-0.2, -0.15) is 0 Å². The molecule has 0 aliphatic heterocycles. The second-order valence-corrected chi connectivity index (χ2v) is 3.38. The number of hydrogen-bond acceptors (Lipinski definition) is 3. The molecule has 7 heteroatoms. The summed E-state index contributed by atoms with van der Waals surface area (Å²) in [6.45, 7) is 0.178. The van der Waals surface area contributed by atoms with Crippen molar-refractivity contribution >= 4 is 5.91 Å². The van der Waals surface area contributed by atoms with Gasteiger partial charge in [0.05, 0.1) is 6.54 Å². The highest BCUT2D eigenvalue weighted by atomic mass is 19.2. The molecule has 1 amide bonds. The molecule has 1 aromatic carbocycles. The van der Waals surface area contributed by atoms with Crippen LogP contribution in [-0.4, -0.2) is 20.7 Å². The number of nitrogens with zero attached hydrogens (tertiary/aromatic N) is 3. The summed E-state index contributed by atoms with van der Waals surface area (Å²) in [4.78, 5) is 14.4. The fourth-order valence-corrected chi connectivity index (χ4v) is 1.31. The van der Waals surface area contributed by atoms with Crippen molar-refractivity contribution in [2.75, 3.05) is 0 Å². The molecule has 1 aromatic heterocycles. The number of carbonyl (C=O) groups excluding carboxylic acids is 1. The third-order valence-electron chi connectivity index (χ3n) is 2.09. The average molecular weight is 238 g/mol. The zero-order valence-electron chi connectivity index (χ0n) is 8.60. The first-order valence-corrected chi connectivity index (χ1v) is 4.69. The van der Waals surface area contributed by atoms with E-state index in [0.29, 0.717) is 5.56 Å². The maximum Gasteiger partial charge on any atom is 0.288 e. The Labute approximate surface area is 94.9 Å². The van der Waals surface area contributed by atoms with Crippen LogP contribution in [0.15, 0.2) is 24.5 Å². The quantitative estimate of drug-likeness (QED) is 0.855. The van der Waals surface area contributed by atoms with Gasteiger partial charge in [0.1, 0.15) is 6.33 Å². The zero-order chi connectivity index (χ0) is 12.4. The van der Waals surface area contributed by atoms with Crippen molar-refractivity contribution in [2.24, 2.45) is 5.73 Å². The summed E-state index contributed by atoms with van der Waals surface area (Å²) in [7, 11) is 0. The number of primary amides is 1. The van der Waals surface area contributed by atoms with E-state index in [-0.39, 0.29) is 12.4 Å². The second-order valence-electron chi connectivity index (χ2n) is 3.38. The van der Waals surface area contributed by atoms with E-state index in [9.17, 15) is 13.6 Å². The summed E-state index contributed by atoms with van der Waals surface area (Å²) in [5.74, 6) is -2.70. The third kappa shape index (κ3) is 2.44. The van der Waals surface area contributed by atoms with Gasteiger partial charge in [0, 0.05) is 0 Å². The van der Waals surface area contributed by atoms with Crippen molar-refractivity contribution in [3.63, 3.8) is 0 Å². The van der Waals surface area contributed by atoms with Crippen LogP contribution in [0.1, 0.15) is 16.2 Å². The fourth-order valence-electron chi connectivity index (χ4n) is 1.31. The van der Waals surface area contributed by atoms with Crippen LogP contribution in [0.5, 0.6) is 0 Å². The largest absolute Gasteiger partial charge is 0.363 e. The summed E-state index contributed by atoms with van der Waals surface area (Å²) in [6.07, 6.45) is 1.29. The van der Waals surface area contributed by atoms with Crippen LogP contribution < -0.4 is 5.73 Å². The topological polar surface area (TPSA) is 73.8 Å². The summed E-state index contributed by atoms with van der Waals surface area (Å²) in [6, 6.07) is 3.50. The van der Waals surface area contributed by atoms with Gasteiger partial charge < -0.3 is 5.73 Å². The molecule has 17 heavy (non-hydrogen) atoms. The number of halogens is 2. The highest BCUT2D eigenvalue weighted by molar-refractivity contribution is 5.88. The smallest absolute Gasteiger partial charge is 0.288 e. The molecule has 0 atom stereocenters. The fraction of sp³-hybridized carbons (Fsp3) is 0.100. The van der Waals surface area contributed by atoms with Gasteiger partial charge in [-0.3, -0.25) is 4.79 Å². The number of amides is 1. The van der Waals surface area contributed by atoms with Crippen molar-refractivity contribution < 1.29 is 13.6 Å². The van der Waals surface area contributed by atoms with E-state index in [1.807, 2.05) is 0 Å². The molecule has 2 rings (SSSR count). The lowest BCUT2D eigenvalue weighted by Gasteiger charge is -2.01. The molecular formula is C10H8F2N4O. The molecule has 5 nitrogen and oxygen atoms in total. The van der Waals surface area contributed by atoms with Crippen LogP contribution in [0.3, 0.4) is 0 Å². The Bertz CT molecular complexity index is 567. The molecule has 0 aliphatic carbocycles. The van der Waals surface area contributed by atoms with Gasteiger partial charge in [0.15, 0.2) is 11.6 Å². The molecule has 0 saturated heterocycles. The van der Waals surface area contributed by atoms with Crippen LogP contribution in [-0.2, 0) is 6.54 Å². The molecule has 2 aromatic rings. The summed E-state index contributed by atoms with van der Waals surface area (Å²) >= 11 is 0. The average Bonchev–Trinajstić information content (AvgIpc) is 2.72. The molecule has 0 spiro atoms. The van der Waals surface area contributed by atoms with Crippen molar-refractivity contribution in [2.45, 2.75) is 6.54 Å². The predicted octanol–water partition coefficient (Wildman–Crippen LogP) is 0.703. The van der Waals surface area contributed by atoms with Crippen molar-refractivity contribution in [3.8, 4) is 0 Å². The maximum atomic E-state index is 12.9. The summed E-state index contributed by atoms with van der Waals surface area (Å²) < 4.78 is 26.9. The van der Waals surface area contributed by atoms with Gasteiger partial charge in [-0.05, 0) is 17.7 Å². The molecule has 0 radical (unpaired) electrons. The minimum atomic E-state index is -0.933. The van der Waals surface area contributed by atoms with Gasteiger partial charge in [-0.15, -0.1) is 5.10 Å². The number of benzene rings is 1. The monoisotopic (exact) mass is 238 g/mol. The predicted molar refractivity (Wildman–Crippen MR) is 54.0 cm³/mol. The number of rotatable bonds is 3. The van der Waals surface area contributed by atoms with E-state index in [0.717, 1.165) is 12.1 Å². The standard InChI is InChI=1S/C10H8F2N4O/c11-7-2-1-6(3-8(7)12)4-16-5-14-10(15-16)9(13)17/h1-3,5H,4H2,(H2,13,17). The van der Waals surface area contributed by atoms with Crippen molar-refractivity contribution in [3.05, 3.63) is 47.5 Å². The van der Waals surface area contributed by atoms with Gasteiger partial charge in [0.25, 0.3) is 5.91 Å². The van der Waals surface area contributed by atoms with Gasteiger partial charge >= 0.3 is 0 Å². The first kappa shape index (κ1) is 11.2. The van der Waals surface area contributed by atoms with Crippen LogP contribution >= 0.6 is 0 Å². The molecule has 1 heterocycles. The maximum absolute atomic E-state index is 12.9. The van der Waals surface area contributed by atoms with Crippen molar-refractivity contribution in [1.29, 1.82) is 0 Å². The second kappa shape index (κ2) is 4.28. The summed E-state index contributed by atoms with van der Waals surface area (Å²) in [5, 5.41) is 3.77. The molecule has 2 N–H and O–H groups in total. The van der Waals surface area contributed by atoms with E-state index >= 15 is 0 Å². The molecule has 88 valence electrons. The normalized spacial score (nSPS) is 10.5.